The van der Waals surface area contributed by atoms with E-state index in [9.17, 15) is 14.4 Å². The van der Waals surface area contributed by atoms with Gasteiger partial charge in [-0.05, 0) is 104 Å². The summed E-state index contributed by atoms with van der Waals surface area (Å²) in [4.78, 5) is 39.8. The van der Waals surface area contributed by atoms with Crippen molar-refractivity contribution in [2.45, 2.75) is 119 Å². The summed E-state index contributed by atoms with van der Waals surface area (Å²) in [5.41, 5.74) is 5.90. The van der Waals surface area contributed by atoms with Crippen LogP contribution < -0.4 is 5.73 Å². The lowest BCUT2D eigenvalue weighted by atomic mass is 9.33. The quantitative estimate of drug-likeness (QED) is 0.360. The van der Waals surface area contributed by atoms with Gasteiger partial charge in [-0.3, -0.25) is 14.4 Å². The first-order valence-corrected chi connectivity index (χ1v) is 15.8. The third-order valence-corrected chi connectivity index (χ3v) is 13.8. The van der Waals surface area contributed by atoms with E-state index in [2.05, 4.69) is 54.5 Å². The molecule has 0 amide bonds. The number of hydrogen-bond donors (Lipinski definition) is 1. The Morgan fingerprint density at radius 2 is 1.61 bits per heavy atom. The van der Waals surface area contributed by atoms with Crippen LogP contribution in [0.25, 0.3) is 0 Å². The van der Waals surface area contributed by atoms with E-state index in [1.165, 1.54) is 12.7 Å². The molecule has 7 heteroatoms. The number of rotatable bonds is 4. The number of carbonyl (C=O) groups is 3. The van der Waals surface area contributed by atoms with Gasteiger partial charge in [0.2, 0.25) is 0 Å². The van der Waals surface area contributed by atoms with Gasteiger partial charge in [-0.2, -0.15) is 0 Å². The number of allylic oxidation sites excluding steroid dienone is 2. The van der Waals surface area contributed by atoms with Gasteiger partial charge >= 0.3 is 11.9 Å². The van der Waals surface area contributed by atoms with E-state index in [0.717, 1.165) is 57.8 Å². The van der Waals surface area contributed by atoms with Gasteiger partial charge in [-0.1, -0.05) is 47.1 Å². The largest absolute Gasteiger partial charge is 0.469 e. The maximum absolute atomic E-state index is 14.5. The Hall–Kier alpha value is -1.40. The van der Waals surface area contributed by atoms with Crippen molar-refractivity contribution >= 4 is 30.1 Å². The minimum absolute atomic E-state index is 0. The lowest BCUT2D eigenvalue weighted by Crippen LogP contribution is -2.66. The summed E-state index contributed by atoms with van der Waals surface area (Å²) < 4.78 is 11.3. The highest BCUT2D eigenvalue weighted by Gasteiger charge is 2.70. The number of methoxy groups -OCH3 is 1. The average Bonchev–Trinajstić information content (AvgIpc) is 2.87. The van der Waals surface area contributed by atoms with E-state index in [1.54, 1.807) is 0 Å². The number of ketones is 1. The number of carbonyl (C=O) groups excluding carboxylic acids is 3. The van der Waals surface area contributed by atoms with Crippen molar-refractivity contribution in [3.8, 4) is 0 Å². The van der Waals surface area contributed by atoms with Gasteiger partial charge in [0.25, 0.3) is 0 Å². The predicted molar refractivity (Wildman–Crippen MR) is 162 cm³/mol. The van der Waals surface area contributed by atoms with E-state index < -0.39 is 5.41 Å². The Morgan fingerprint density at radius 3 is 2.24 bits per heavy atom. The minimum atomic E-state index is -0.508. The van der Waals surface area contributed by atoms with E-state index in [0.29, 0.717) is 6.54 Å². The Balaban J connectivity index is 0.00000387. The molecule has 9 atom stereocenters. The molecule has 5 rings (SSSR count). The molecule has 41 heavy (non-hydrogen) atoms. The molecule has 2 N–H and O–H groups in total. The van der Waals surface area contributed by atoms with Crippen LogP contribution in [0, 0.1) is 50.2 Å². The number of hydrogen-bond acceptors (Lipinski definition) is 6. The average molecular weight is 592 g/mol. The van der Waals surface area contributed by atoms with Gasteiger partial charge in [0.15, 0.2) is 5.78 Å². The molecule has 0 radical (unpaired) electrons. The van der Waals surface area contributed by atoms with Crippen molar-refractivity contribution in [2.75, 3.05) is 13.7 Å². The molecule has 4 fully saturated rings. The van der Waals surface area contributed by atoms with Gasteiger partial charge in [-0.25, -0.2) is 0 Å². The highest BCUT2D eigenvalue weighted by molar-refractivity contribution is 5.95. The fourth-order valence-electron chi connectivity index (χ4n) is 11.1. The second kappa shape index (κ2) is 10.4. The summed E-state index contributed by atoms with van der Waals surface area (Å²) in [6.45, 7) is 16.5. The molecule has 0 aromatic heterocycles. The molecule has 6 nitrogen and oxygen atoms in total. The molecule has 0 saturated heterocycles. The zero-order chi connectivity index (χ0) is 29.5. The Morgan fingerprint density at radius 1 is 0.951 bits per heavy atom. The van der Waals surface area contributed by atoms with Gasteiger partial charge in [-0.15, -0.1) is 12.4 Å². The van der Waals surface area contributed by atoms with Crippen molar-refractivity contribution in [1.29, 1.82) is 0 Å². The van der Waals surface area contributed by atoms with E-state index in [-0.39, 0.29) is 87.5 Å². The summed E-state index contributed by atoms with van der Waals surface area (Å²) in [6, 6.07) is 0. The van der Waals surface area contributed by atoms with Gasteiger partial charge in [0.1, 0.15) is 6.10 Å². The lowest BCUT2D eigenvalue weighted by molar-refractivity contribution is -0.211. The first-order chi connectivity index (χ1) is 18.5. The van der Waals surface area contributed by atoms with Crippen molar-refractivity contribution in [1.82, 2.24) is 0 Å². The highest BCUT2D eigenvalue weighted by Crippen LogP contribution is 2.75. The Bertz CT molecular complexity index is 1130. The number of fused-ring (bicyclic) bond motifs is 7. The molecule has 5 aliphatic carbocycles. The standard InChI is InChI=1S/C34H53NO5.ClH/c1-29(2)24-9-13-34(7)27(32(24,5)12-10-25(29)40-26(37)11-18-35)23(36)19-21-22-20-31(4,28(38)39-8)15-14-30(22,3)16-17-33(21,34)6;/h19,22,24-25,27H,9-18,20,35H2,1-8H3;1H/t22-,24-,25-,27+,30+,31-,32-,33+,34+;/m0./s1. The van der Waals surface area contributed by atoms with Crippen molar-refractivity contribution < 1.29 is 23.9 Å². The molecule has 5 aliphatic rings. The van der Waals surface area contributed by atoms with Crippen LogP contribution in [0.1, 0.15) is 113 Å². The molecule has 4 saturated carbocycles. The minimum Gasteiger partial charge on any atom is -0.469 e. The first-order valence-electron chi connectivity index (χ1n) is 15.8. The third kappa shape index (κ3) is 4.47. The Labute approximate surface area is 253 Å². The summed E-state index contributed by atoms with van der Waals surface area (Å²) >= 11 is 0. The van der Waals surface area contributed by atoms with Crippen LogP contribution in [0.5, 0.6) is 0 Å². The van der Waals surface area contributed by atoms with Crippen molar-refractivity contribution in [3.63, 3.8) is 0 Å². The van der Waals surface area contributed by atoms with Crippen LogP contribution in [0.2, 0.25) is 0 Å². The van der Waals surface area contributed by atoms with E-state index in [1.807, 2.05) is 0 Å². The lowest BCUT2D eigenvalue weighted by Gasteiger charge is -2.70. The van der Waals surface area contributed by atoms with Crippen LogP contribution in [0.3, 0.4) is 0 Å². The van der Waals surface area contributed by atoms with Crippen LogP contribution in [0.4, 0.5) is 0 Å². The van der Waals surface area contributed by atoms with Gasteiger partial charge in [0, 0.05) is 17.9 Å². The fraction of sp³-hybridized carbons (Fsp3) is 0.853. The second-order valence-corrected chi connectivity index (χ2v) is 16.1. The number of nitrogens with two attached hydrogens (primary N) is 1. The third-order valence-electron chi connectivity index (χ3n) is 13.8. The summed E-state index contributed by atoms with van der Waals surface area (Å²) in [6.07, 6.45) is 10.6. The first kappa shape index (κ1) is 32.5. The van der Waals surface area contributed by atoms with Crippen LogP contribution in [0.15, 0.2) is 11.6 Å². The Kier molecular flexibility index (Phi) is 8.21. The summed E-state index contributed by atoms with van der Waals surface area (Å²) in [5, 5.41) is 0. The molecule has 0 spiro atoms. The molecular weight excluding hydrogens is 538 g/mol. The highest BCUT2D eigenvalue weighted by atomic mass is 35.5. The normalized spacial score (nSPS) is 46.4. The SMILES string of the molecule is COC(=O)[C@@]1(C)CC[C@]2(C)CC[C@]3(C)C(=CC(=O)[C@@H]4[C@@]5(C)CC[C@H](OC(=O)CCN)C(C)(C)[C@@H]5CC[C@]43C)[C@@H]2C1.Cl. The van der Waals surface area contributed by atoms with Crippen molar-refractivity contribution in [3.05, 3.63) is 11.6 Å². The van der Waals surface area contributed by atoms with Gasteiger partial charge < -0.3 is 15.2 Å². The maximum atomic E-state index is 14.5. The zero-order valence-electron chi connectivity index (χ0n) is 26.7. The summed E-state index contributed by atoms with van der Waals surface area (Å²) in [5.74, 6) is 0.392. The molecular formula is C34H54ClNO5. The summed E-state index contributed by atoms with van der Waals surface area (Å²) in [7, 11) is 1.50. The number of halogens is 1. The molecule has 0 aliphatic heterocycles. The smallest absolute Gasteiger partial charge is 0.311 e. The fourth-order valence-corrected chi connectivity index (χ4v) is 11.1. The maximum Gasteiger partial charge on any atom is 0.311 e. The van der Waals surface area contributed by atoms with Crippen LogP contribution in [-0.2, 0) is 23.9 Å². The molecule has 232 valence electrons. The number of ether oxygens (including phenoxy) is 2. The topological polar surface area (TPSA) is 95.7 Å². The van der Waals surface area contributed by atoms with Crippen LogP contribution >= 0.6 is 12.4 Å². The molecule has 0 heterocycles. The molecule has 0 aromatic carbocycles. The van der Waals surface area contributed by atoms with Gasteiger partial charge in [0.05, 0.1) is 18.9 Å². The zero-order valence-corrected chi connectivity index (χ0v) is 27.5. The molecule has 0 bridgehead atoms. The predicted octanol–water partition coefficient (Wildman–Crippen LogP) is 6.82. The second-order valence-electron chi connectivity index (χ2n) is 16.1. The van der Waals surface area contributed by atoms with E-state index >= 15 is 0 Å². The molecule has 0 aromatic rings. The van der Waals surface area contributed by atoms with E-state index in [4.69, 9.17) is 15.2 Å². The van der Waals surface area contributed by atoms with Crippen LogP contribution in [-0.4, -0.2) is 37.5 Å². The monoisotopic (exact) mass is 591 g/mol. The molecule has 0 unspecified atom stereocenters. The van der Waals surface area contributed by atoms with Crippen molar-refractivity contribution in [2.24, 2.45) is 56.0 Å². The number of esters is 2.